The predicted molar refractivity (Wildman–Crippen MR) is 97.2 cm³/mol. The molecule has 0 bridgehead atoms. The summed E-state index contributed by atoms with van der Waals surface area (Å²) >= 11 is 0. The molecule has 1 aliphatic rings. The van der Waals surface area contributed by atoms with Crippen molar-refractivity contribution >= 4 is 11.6 Å². The Morgan fingerprint density at radius 2 is 2.00 bits per heavy atom. The Hall–Kier alpha value is -2.14. The Bertz CT molecular complexity index is 644. The number of hydrogen-bond acceptors (Lipinski definition) is 5. The first-order valence-electron chi connectivity index (χ1n) is 8.74. The summed E-state index contributed by atoms with van der Waals surface area (Å²) in [6.45, 7) is 5.38. The topological polar surface area (TPSA) is 61.3 Å². The molecule has 1 aromatic heterocycles. The minimum atomic E-state index is 0.0946. The minimum absolute atomic E-state index is 0.0946. The average Bonchev–Trinajstić information content (AvgIpc) is 2.63. The normalized spacial score (nSPS) is 17.8. The van der Waals surface area contributed by atoms with Gasteiger partial charge in [0.2, 0.25) is 0 Å². The SMILES string of the molecule is CC1CCCN(c2cc(NCCc3ccc(CO)cc3)ncn2)C1. The number of nitrogens with zero attached hydrogens (tertiary/aromatic N) is 3. The van der Waals surface area contributed by atoms with Crippen LogP contribution in [0.4, 0.5) is 11.6 Å². The zero-order valence-corrected chi connectivity index (χ0v) is 14.3. The van der Waals surface area contributed by atoms with Crippen LogP contribution in [-0.4, -0.2) is 34.7 Å². The molecule has 128 valence electrons. The van der Waals surface area contributed by atoms with Gasteiger partial charge in [-0.25, -0.2) is 9.97 Å². The molecular formula is C19H26N4O. The Balaban J connectivity index is 1.54. The van der Waals surface area contributed by atoms with E-state index in [0.29, 0.717) is 0 Å². The van der Waals surface area contributed by atoms with Crippen molar-refractivity contribution in [1.82, 2.24) is 9.97 Å². The number of nitrogens with one attached hydrogen (secondary N) is 1. The van der Waals surface area contributed by atoms with E-state index in [1.165, 1.54) is 18.4 Å². The van der Waals surface area contributed by atoms with Crippen LogP contribution in [0.25, 0.3) is 0 Å². The summed E-state index contributed by atoms with van der Waals surface area (Å²) in [6.07, 6.45) is 5.11. The number of aliphatic hydroxyl groups is 1. The van der Waals surface area contributed by atoms with Gasteiger partial charge in [-0.1, -0.05) is 31.2 Å². The predicted octanol–water partition coefficient (Wildman–Crippen LogP) is 2.86. The van der Waals surface area contributed by atoms with Crippen molar-refractivity contribution in [3.05, 3.63) is 47.8 Å². The molecule has 1 saturated heterocycles. The first kappa shape index (κ1) is 16.7. The second kappa shape index (κ2) is 8.11. The molecule has 2 aromatic rings. The second-order valence-electron chi connectivity index (χ2n) is 6.61. The molecule has 0 radical (unpaired) electrons. The number of hydrogen-bond donors (Lipinski definition) is 2. The molecule has 2 N–H and O–H groups in total. The van der Waals surface area contributed by atoms with Crippen LogP contribution in [0, 0.1) is 5.92 Å². The lowest BCUT2D eigenvalue weighted by atomic mass is 10.0. The van der Waals surface area contributed by atoms with Crippen LogP contribution in [0.2, 0.25) is 0 Å². The third kappa shape index (κ3) is 4.45. The molecule has 3 rings (SSSR count). The molecule has 0 amide bonds. The molecule has 2 heterocycles. The van der Waals surface area contributed by atoms with E-state index in [9.17, 15) is 0 Å². The monoisotopic (exact) mass is 326 g/mol. The van der Waals surface area contributed by atoms with E-state index in [1.54, 1.807) is 6.33 Å². The maximum atomic E-state index is 9.07. The number of anilines is 2. The quantitative estimate of drug-likeness (QED) is 0.855. The summed E-state index contributed by atoms with van der Waals surface area (Å²) in [5, 5.41) is 12.5. The Labute approximate surface area is 143 Å². The van der Waals surface area contributed by atoms with Crippen molar-refractivity contribution in [3.8, 4) is 0 Å². The summed E-state index contributed by atoms with van der Waals surface area (Å²) in [5.41, 5.74) is 2.20. The summed E-state index contributed by atoms with van der Waals surface area (Å²) in [4.78, 5) is 11.1. The Kier molecular flexibility index (Phi) is 5.64. The third-order valence-electron chi connectivity index (χ3n) is 4.56. The maximum absolute atomic E-state index is 9.07. The standard InChI is InChI=1S/C19H26N4O/c1-15-3-2-10-23(12-15)19-11-18(21-14-22-19)20-9-8-16-4-6-17(13-24)7-5-16/h4-7,11,14-15,24H,2-3,8-10,12-13H2,1H3,(H,20,21,22). The highest BCUT2D eigenvalue weighted by molar-refractivity contribution is 5.48. The Morgan fingerprint density at radius 1 is 1.21 bits per heavy atom. The zero-order valence-electron chi connectivity index (χ0n) is 14.3. The van der Waals surface area contributed by atoms with Crippen LogP contribution in [-0.2, 0) is 13.0 Å². The van der Waals surface area contributed by atoms with Gasteiger partial charge in [0.05, 0.1) is 6.61 Å². The van der Waals surface area contributed by atoms with Gasteiger partial charge in [0.15, 0.2) is 0 Å². The molecule has 5 nitrogen and oxygen atoms in total. The summed E-state index contributed by atoms with van der Waals surface area (Å²) in [7, 11) is 0. The van der Waals surface area contributed by atoms with Gasteiger partial charge in [-0.05, 0) is 36.3 Å². The molecule has 1 fully saturated rings. The van der Waals surface area contributed by atoms with Crippen molar-refractivity contribution in [2.45, 2.75) is 32.8 Å². The van der Waals surface area contributed by atoms with Crippen LogP contribution < -0.4 is 10.2 Å². The highest BCUT2D eigenvalue weighted by Gasteiger charge is 2.17. The number of piperidine rings is 1. The highest BCUT2D eigenvalue weighted by Crippen LogP contribution is 2.22. The molecule has 24 heavy (non-hydrogen) atoms. The smallest absolute Gasteiger partial charge is 0.134 e. The zero-order chi connectivity index (χ0) is 16.8. The highest BCUT2D eigenvalue weighted by atomic mass is 16.3. The van der Waals surface area contributed by atoms with Gasteiger partial charge in [0, 0.05) is 25.7 Å². The third-order valence-corrected chi connectivity index (χ3v) is 4.56. The van der Waals surface area contributed by atoms with E-state index in [0.717, 1.165) is 49.2 Å². The molecule has 0 saturated carbocycles. The van der Waals surface area contributed by atoms with Crippen molar-refractivity contribution in [1.29, 1.82) is 0 Å². The van der Waals surface area contributed by atoms with Crippen LogP contribution >= 0.6 is 0 Å². The molecular weight excluding hydrogens is 300 g/mol. The van der Waals surface area contributed by atoms with E-state index >= 15 is 0 Å². The van der Waals surface area contributed by atoms with Gasteiger partial charge in [-0.15, -0.1) is 0 Å². The molecule has 1 aromatic carbocycles. The lowest BCUT2D eigenvalue weighted by Gasteiger charge is -2.31. The van der Waals surface area contributed by atoms with Crippen molar-refractivity contribution in [2.75, 3.05) is 29.9 Å². The molecule has 1 atom stereocenters. The van der Waals surface area contributed by atoms with Crippen LogP contribution in [0.3, 0.4) is 0 Å². The van der Waals surface area contributed by atoms with E-state index in [-0.39, 0.29) is 6.61 Å². The first-order valence-corrected chi connectivity index (χ1v) is 8.74. The van der Waals surface area contributed by atoms with Gasteiger partial charge in [-0.3, -0.25) is 0 Å². The van der Waals surface area contributed by atoms with E-state index in [4.69, 9.17) is 5.11 Å². The van der Waals surface area contributed by atoms with Gasteiger partial charge in [0.25, 0.3) is 0 Å². The fourth-order valence-electron chi connectivity index (χ4n) is 3.16. The fraction of sp³-hybridized carbons (Fsp3) is 0.474. The largest absolute Gasteiger partial charge is 0.392 e. The maximum Gasteiger partial charge on any atom is 0.134 e. The van der Waals surface area contributed by atoms with Crippen LogP contribution in [0.5, 0.6) is 0 Å². The number of rotatable bonds is 6. The average molecular weight is 326 g/mol. The number of benzene rings is 1. The molecule has 1 unspecified atom stereocenters. The Morgan fingerprint density at radius 3 is 2.75 bits per heavy atom. The van der Waals surface area contributed by atoms with Crippen molar-refractivity contribution in [3.63, 3.8) is 0 Å². The van der Waals surface area contributed by atoms with Crippen molar-refractivity contribution in [2.24, 2.45) is 5.92 Å². The lowest BCUT2D eigenvalue weighted by molar-refractivity contribution is 0.282. The molecule has 5 heteroatoms. The minimum Gasteiger partial charge on any atom is -0.392 e. The van der Waals surface area contributed by atoms with E-state index in [1.807, 2.05) is 18.2 Å². The number of aromatic nitrogens is 2. The summed E-state index contributed by atoms with van der Waals surface area (Å²) in [5.74, 6) is 2.63. The first-order chi connectivity index (χ1) is 11.7. The van der Waals surface area contributed by atoms with Gasteiger partial charge in [0.1, 0.15) is 18.0 Å². The molecule has 1 aliphatic heterocycles. The van der Waals surface area contributed by atoms with Gasteiger partial charge >= 0.3 is 0 Å². The van der Waals surface area contributed by atoms with Crippen LogP contribution in [0.1, 0.15) is 30.9 Å². The van der Waals surface area contributed by atoms with E-state index in [2.05, 4.69) is 39.2 Å². The number of aliphatic hydroxyl groups excluding tert-OH is 1. The fourth-order valence-corrected chi connectivity index (χ4v) is 3.16. The van der Waals surface area contributed by atoms with E-state index < -0.39 is 0 Å². The lowest BCUT2D eigenvalue weighted by Crippen LogP contribution is -2.34. The molecule has 0 spiro atoms. The van der Waals surface area contributed by atoms with Crippen molar-refractivity contribution < 1.29 is 5.11 Å². The summed E-state index contributed by atoms with van der Waals surface area (Å²) in [6, 6.07) is 10.1. The van der Waals surface area contributed by atoms with Gasteiger partial charge < -0.3 is 15.3 Å². The summed E-state index contributed by atoms with van der Waals surface area (Å²) < 4.78 is 0. The molecule has 0 aliphatic carbocycles. The van der Waals surface area contributed by atoms with Gasteiger partial charge in [-0.2, -0.15) is 0 Å². The van der Waals surface area contributed by atoms with Crippen LogP contribution in [0.15, 0.2) is 36.7 Å². The second-order valence-corrected chi connectivity index (χ2v) is 6.61.